The minimum Gasteiger partial charge on any atom is -0.490 e. The predicted molar refractivity (Wildman–Crippen MR) is 89.4 cm³/mol. The third kappa shape index (κ3) is 2.15. The molecule has 0 aromatic heterocycles. The van der Waals surface area contributed by atoms with Crippen LogP contribution in [0.5, 0.6) is 11.5 Å². The summed E-state index contributed by atoms with van der Waals surface area (Å²) in [7, 11) is 0. The van der Waals surface area contributed by atoms with Crippen LogP contribution in [0.3, 0.4) is 0 Å². The molecule has 0 unspecified atom stereocenters. The highest BCUT2D eigenvalue weighted by Crippen LogP contribution is 2.37. The van der Waals surface area contributed by atoms with Crippen molar-refractivity contribution in [2.75, 3.05) is 18.9 Å². The van der Waals surface area contributed by atoms with Crippen LogP contribution in [-0.2, 0) is 0 Å². The van der Waals surface area contributed by atoms with Crippen LogP contribution in [0.25, 0.3) is 21.9 Å². The number of hydrogen-bond acceptors (Lipinski definition) is 3. The Hall–Kier alpha value is -2.68. The number of ether oxygens (including phenoxy) is 2. The zero-order valence-electron chi connectivity index (χ0n) is 12.2. The van der Waals surface area contributed by atoms with Gasteiger partial charge in [0.05, 0.1) is 13.2 Å². The van der Waals surface area contributed by atoms with E-state index < -0.39 is 0 Å². The van der Waals surface area contributed by atoms with Crippen molar-refractivity contribution in [3.05, 3.63) is 54.6 Å². The first kappa shape index (κ1) is 13.0. The lowest BCUT2D eigenvalue weighted by Crippen LogP contribution is -1.97. The van der Waals surface area contributed by atoms with Crippen molar-refractivity contribution < 1.29 is 9.47 Å². The van der Waals surface area contributed by atoms with Crippen LogP contribution in [0.1, 0.15) is 6.42 Å². The van der Waals surface area contributed by atoms with Gasteiger partial charge in [0.15, 0.2) is 11.5 Å². The van der Waals surface area contributed by atoms with Crippen LogP contribution in [0, 0.1) is 0 Å². The summed E-state index contributed by atoms with van der Waals surface area (Å²) >= 11 is 0. The lowest BCUT2D eigenvalue weighted by Gasteiger charge is -2.12. The van der Waals surface area contributed by atoms with Gasteiger partial charge in [0.1, 0.15) is 0 Å². The Morgan fingerprint density at radius 1 is 0.773 bits per heavy atom. The Morgan fingerprint density at radius 3 is 2.41 bits per heavy atom. The van der Waals surface area contributed by atoms with Crippen molar-refractivity contribution in [3.63, 3.8) is 0 Å². The maximum absolute atomic E-state index is 6.09. The van der Waals surface area contributed by atoms with E-state index in [1.54, 1.807) is 0 Å². The summed E-state index contributed by atoms with van der Waals surface area (Å²) in [5.41, 5.74) is 9.15. The van der Waals surface area contributed by atoms with Crippen molar-refractivity contribution in [3.8, 4) is 22.6 Å². The molecule has 0 amide bonds. The van der Waals surface area contributed by atoms with Gasteiger partial charge >= 0.3 is 0 Å². The van der Waals surface area contributed by atoms with Gasteiger partial charge in [0.2, 0.25) is 0 Å². The highest BCUT2D eigenvalue weighted by molar-refractivity contribution is 6.02. The third-order valence-electron chi connectivity index (χ3n) is 4.02. The maximum Gasteiger partial charge on any atom is 0.161 e. The van der Waals surface area contributed by atoms with Crippen molar-refractivity contribution >= 4 is 16.5 Å². The Bertz CT molecular complexity index is 842. The van der Waals surface area contributed by atoms with Crippen LogP contribution in [0.4, 0.5) is 5.69 Å². The number of hydrogen-bond donors (Lipinski definition) is 1. The first-order valence-electron chi connectivity index (χ1n) is 7.50. The molecule has 0 atom stereocenters. The van der Waals surface area contributed by atoms with Crippen molar-refractivity contribution in [1.29, 1.82) is 0 Å². The molecule has 3 heteroatoms. The van der Waals surface area contributed by atoms with E-state index in [2.05, 4.69) is 30.3 Å². The van der Waals surface area contributed by atoms with Crippen LogP contribution in [-0.4, -0.2) is 13.2 Å². The fourth-order valence-corrected chi connectivity index (χ4v) is 2.90. The number of fused-ring (bicyclic) bond motifs is 2. The van der Waals surface area contributed by atoms with E-state index in [1.165, 1.54) is 0 Å². The van der Waals surface area contributed by atoms with E-state index in [9.17, 15) is 0 Å². The molecule has 0 spiro atoms. The molecule has 0 radical (unpaired) electrons. The maximum atomic E-state index is 6.09. The van der Waals surface area contributed by atoms with Gasteiger partial charge in [0.25, 0.3) is 0 Å². The average Bonchev–Trinajstić information content (AvgIpc) is 2.80. The molecule has 1 heterocycles. The molecule has 2 N–H and O–H groups in total. The van der Waals surface area contributed by atoms with Gasteiger partial charge in [-0.1, -0.05) is 36.4 Å². The smallest absolute Gasteiger partial charge is 0.161 e. The zero-order valence-corrected chi connectivity index (χ0v) is 12.2. The van der Waals surface area contributed by atoms with Gasteiger partial charge in [-0.25, -0.2) is 0 Å². The summed E-state index contributed by atoms with van der Waals surface area (Å²) in [6.07, 6.45) is 0.912. The largest absolute Gasteiger partial charge is 0.490 e. The third-order valence-corrected chi connectivity index (χ3v) is 4.02. The molecule has 3 aromatic carbocycles. The lowest BCUT2D eigenvalue weighted by molar-refractivity contribution is 0.297. The predicted octanol–water partition coefficient (Wildman–Crippen LogP) is 4.25. The fraction of sp³-hybridized carbons (Fsp3) is 0.158. The Morgan fingerprint density at radius 2 is 1.55 bits per heavy atom. The lowest BCUT2D eigenvalue weighted by atomic mass is 9.97. The molecule has 0 aliphatic carbocycles. The van der Waals surface area contributed by atoms with Crippen molar-refractivity contribution in [1.82, 2.24) is 0 Å². The number of nitrogens with two attached hydrogens (primary N) is 1. The van der Waals surface area contributed by atoms with Crippen molar-refractivity contribution in [2.45, 2.75) is 6.42 Å². The summed E-state index contributed by atoms with van der Waals surface area (Å²) in [5.74, 6) is 1.64. The quantitative estimate of drug-likeness (QED) is 0.682. The molecule has 1 aliphatic heterocycles. The SMILES string of the molecule is Nc1ccc(-c2ccc3c(c2)OCCCO3)c2ccccc12. The molecule has 3 nitrogen and oxygen atoms in total. The molecule has 22 heavy (non-hydrogen) atoms. The van der Waals surface area contributed by atoms with E-state index in [-0.39, 0.29) is 0 Å². The van der Waals surface area contributed by atoms with Gasteiger partial charge in [-0.3, -0.25) is 0 Å². The zero-order chi connectivity index (χ0) is 14.9. The average molecular weight is 291 g/mol. The Labute approximate surface area is 129 Å². The molecule has 1 aliphatic rings. The number of rotatable bonds is 1. The summed E-state index contributed by atoms with van der Waals surface area (Å²) in [6.45, 7) is 1.40. The standard InChI is InChI=1S/C19H17NO2/c20-17-8-7-14(15-4-1-2-5-16(15)17)13-6-9-18-19(12-13)22-11-3-10-21-18/h1-2,4-9,12H,3,10-11,20H2. The first-order chi connectivity index (χ1) is 10.8. The van der Waals surface area contributed by atoms with E-state index >= 15 is 0 Å². The van der Waals surface area contributed by atoms with Gasteiger partial charge in [-0.15, -0.1) is 0 Å². The summed E-state index contributed by atoms with van der Waals surface area (Å²) in [6, 6.07) is 18.3. The molecular weight excluding hydrogens is 274 g/mol. The molecule has 0 bridgehead atoms. The van der Waals surface area contributed by atoms with Gasteiger partial charge < -0.3 is 15.2 Å². The minimum atomic E-state index is 0.693. The molecule has 0 fully saturated rings. The monoisotopic (exact) mass is 291 g/mol. The van der Waals surface area contributed by atoms with Crippen LogP contribution in [0.2, 0.25) is 0 Å². The van der Waals surface area contributed by atoms with Gasteiger partial charge in [0, 0.05) is 17.5 Å². The van der Waals surface area contributed by atoms with Crippen LogP contribution >= 0.6 is 0 Å². The fourth-order valence-electron chi connectivity index (χ4n) is 2.90. The molecular formula is C19H17NO2. The number of benzene rings is 3. The summed E-state index contributed by atoms with van der Waals surface area (Å²) in [4.78, 5) is 0. The second-order valence-corrected chi connectivity index (χ2v) is 5.46. The summed E-state index contributed by atoms with van der Waals surface area (Å²) in [5, 5.41) is 2.23. The molecule has 110 valence electrons. The minimum absolute atomic E-state index is 0.693. The highest BCUT2D eigenvalue weighted by Gasteiger charge is 2.13. The second kappa shape index (κ2) is 5.26. The normalized spacial score (nSPS) is 13.8. The van der Waals surface area contributed by atoms with E-state index in [0.717, 1.165) is 45.5 Å². The molecule has 0 saturated carbocycles. The van der Waals surface area contributed by atoms with Crippen LogP contribution in [0.15, 0.2) is 54.6 Å². The molecule has 3 aromatic rings. The highest BCUT2D eigenvalue weighted by atomic mass is 16.5. The van der Waals surface area contributed by atoms with E-state index in [4.69, 9.17) is 15.2 Å². The first-order valence-corrected chi connectivity index (χ1v) is 7.50. The van der Waals surface area contributed by atoms with E-state index in [0.29, 0.717) is 13.2 Å². The second-order valence-electron chi connectivity index (χ2n) is 5.46. The van der Waals surface area contributed by atoms with Gasteiger partial charge in [-0.05, 0) is 34.7 Å². The molecule has 0 saturated heterocycles. The number of nitrogen functional groups attached to an aromatic ring is 1. The Balaban J connectivity index is 1.89. The van der Waals surface area contributed by atoms with E-state index in [1.807, 2.05) is 24.3 Å². The molecule has 4 rings (SSSR count). The Kier molecular flexibility index (Phi) is 3.11. The van der Waals surface area contributed by atoms with Crippen LogP contribution < -0.4 is 15.2 Å². The van der Waals surface area contributed by atoms with Gasteiger partial charge in [-0.2, -0.15) is 0 Å². The number of anilines is 1. The topological polar surface area (TPSA) is 44.5 Å². The van der Waals surface area contributed by atoms with Crippen molar-refractivity contribution in [2.24, 2.45) is 0 Å². The summed E-state index contributed by atoms with van der Waals surface area (Å²) < 4.78 is 11.5.